The maximum absolute atomic E-state index is 13.0. The number of benzene rings is 2. The molecule has 2 aromatic carbocycles. The molecule has 110 valence electrons. The highest BCUT2D eigenvalue weighted by atomic mass is 79.9. The molecule has 0 radical (unpaired) electrons. The van der Waals surface area contributed by atoms with Crippen molar-refractivity contribution in [3.05, 3.63) is 62.1 Å². The minimum absolute atomic E-state index is 0.111. The molecular weight excluding hydrogens is 348 g/mol. The van der Waals surface area contributed by atoms with Crippen molar-refractivity contribution in [2.75, 3.05) is 0 Å². The fourth-order valence-electron chi connectivity index (χ4n) is 1.72. The van der Waals surface area contributed by atoms with Gasteiger partial charge in [-0.2, -0.15) is 0 Å². The van der Waals surface area contributed by atoms with Gasteiger partial charge >= 0.3 is 0 Å². The van der Waals surface area contributed by atoms with Crippen LogP contribution in [0.2, 0.25) is 0 Å². The second-order valence-corrected chi connectivity index (χ2v) is 5.17. The minimum Gasteiger partial charge on any atom is -0.456 e. The second kappa shape index (κ2) is 6.17. The summed E-state index contributed by atoms with van der Waals surface area (Å²) in [5, 5.41) is 10.6. The van der Waals surface area contributed by atoms with E-state index in [-0.39, 0.29) is 5.75 Å². The molecule has 21 heavy (non-hydrogen) atoms. The van der Waals surface area contributed by atoms with Crippen molar-refractivity contribution in [3.63, 3.8) is 0 Å². The van der Waals surface area contributed by atoms with Crippen molar-refractivity contribution in [1.29, 1.82) is 0 Å². The molecule has 0 amide bonds. The van der Waals surface area contributed by atoms with Crippen molar-refractivity contribution in [2.24, 2.45) is 0 Å². The Morgan fingerprint density at radius 3 is 2.43 bits per heavy atom. The van der Waals surface area contributed by atoms with E-state index in [1.54, 1.807) is 18.2 Å². The van der Waals surface area contributed by atoms with Gasteiger partial charge in [0.1, 0.15) is 11.5 Å². The number of hydrogen-bond acceptors (Lipinski definition) is 3. The second-order valence-electron chi connectivity index (χ2n) is 4.32. The Labute approximate surface area is 127 Å². The zero-order valence-electron chi connectivity index (χ0n) is 10.8. The molecule has 0 saturated heterocycles. The van der Waals surface area contributed by atoms with Crippen LogP contribution in [0, 0.1) is 17.0 Å². The fourth-order valence-corrected chi connectivity index (χ4v) is 2.29. The van der Waals surface area contributed by atoms with Crippen LogP contribution in [0.3, 0.4) is 0 Å². The van der Waals surface area contributed by atoms with E-state index in [2.05, 4.69) is 15.9 Å². The average Bonchev–Trinajstić information content (AvgIpc) is 2.41. The molecule has 0 bridgehead atoms. The van der Waals surface area contributed by atoms with Gasteiger partial charge in [-0.3, -0.25) is 10.1 Å². The molecule has 0 aliphatic carbocycles. The third-order valence-electron chi connectivity index (χ3n) is 2.75. The van der Waals surface area contributed by atoms with E-state index in [9.17, 15) is 18.9 Å². The number of nitro benzene ring substituents is 1. The lowest BCUT2D eigenvalue weighted by atomic mass is 10.2. The zero-order valence-corrected chi connectivity index (χ0v) is 12.4. The molecule has 2 rings (SSSR count). The third kappa shape index (κ3) is 3.55. The highest BCUT2D eigenvalue weighted by molar-refractivity contribution is 9.10. The lowest BCUT2D eigenvalue weighted by molar-refractivity contribution is -0.385. The van der Waals surface area contributed by atoms with Gasteiger partial charge in [-0.25, -0.2) is 8.78 Å². The van der Waals surface area contributed by atoms with Gasteiger partial charge in [-0.1, -0.05) is 6.07 Å². The molecule has 0 fully saturated rings. The Morgan fingerprint density at radius 2 is 1.86 bits per heavy atom. The maximum atomic E-state index is 13.0. The molecule has 2 aromatic rings. The molecule has 0 aliphatic heterocycles. The predicted octanol–water partition coefficient (Wildman–Crippen LogP) is 5.40. The number of ether oxygens (including phenoxy) is 1. The van der Waals surface area contributed by atoms with E-state index >= 15 is 0 Å². The van der Waals surface area contributed by atoms with Crippen molar-refractivity contribution in [1.82, 2.24) is 0 Å². The molecule has 0 spiro atoms. The van der Waals surface area contributed by atoms with E-state index in [0.29, 0.717) is 10.2 Å². The number of halogens is 3. The Hall–Kier alpha value is -2.02. The van der Waals surface area contributed by atoms with Crippen LogP contribution >= 0.6 is 15.9 Å². The van der Waals surface area contributed by atoms with Crippen LogP contribution in [0.15, 0.2) is 40.9 Å². The summed E-state index contributed by atoms with van der Waals surface area (Å²) in [6.07, 6.45) is -2.87. The summed E-state index contributed by atoms with van der Waals surface area (Å²) in [4.78, 5) is 9.92. The van der Waals surface area contributed by atoms with Gasteiger partial charge in [-0.05, 0) is 46.6 Å². The van der Waals surface area contributed by atoms with Crippen molar-refractivity contribution in [3.8, 4) is 11.5 Å². The van der Waals surface area contributed by atoms with E-state index in [0.717, 1.165) is 17.7 Å². The predicted molar refractivity (Wildman–Crippen MR) is 77.0 cm³/mol. The first-order valence-corrected chi connectivity index (χ1v) is 6.68. The van der Waals surface area contributed by atoms with Crippen LogP contribution in [0.5, 0.6) is 11.5 Å². The van der Waals surface area contributed by atoms with Crippen LogP contribution in [0.25, 0.3) is 0 Å². The van der Waals surface area contributed by atoms with Gasteiger partial charge in [0.05, 0.1) is 15.0 Å². The van der Waals surface area contributed by atoms with Gasteiger partial charge in [-0.15, -0.1) is 0 Å². The Kier molecular flexibility index (Phi) is 4.52. The summed E-state index contributed by atoms with van der Waals surface area (Å²) in [6.45, 7) is 1.88. The first kappa shape index (κ1) is 15.4. The number of non-ortho nitro benzene ring substituents is 1. The number of aryl methyl sites for hydroxylation is 1. The van der Waals surface area contributed by atoms with Crippen LogP contribution in [0.1, 0.15) is 17.6 Å². The summed E-state index contributed by atoms with van der Waals surface area (Å²) < 4.78 is 32.1. The molecule has 0 N–H and O–H groups in total. The Balaban J connectivity index is 2.41. The Morgan fingerprint density at radius 1 is 1.19 bits per heavy atom. The van der Waals surface area contributed by atoms with Crippen molar-refractivity contribution >= 4 is 21.6 Å². The van der Waals surface area contributed by atoms with Crippen LogP contribution in [0.4, 0.5) is 14.5 Å². The van der Waals surface area contributed by atoms with E-state index in [1.165, 1.54) is 6.07 Å². The quantitative estimate of drug-likeness (QED) is 0.544. The number of nitrogens with zero attached hydrogens (tertiary/aromatic N) is 1. The largest absolute Gasteiger partial charge is 0.456 e. The van der Waals surface area contributed by atoms with Crippen LogP contribution in [-0.4, -0.2) is 4.92 Å². The third-order valence-corrected chi connectivity index (χ3v) is 3.37. The fraction of sp³-hybridized carbons (Fsp3) is 0.143. The highest BCUT2D eigenvalue weighted by Crippen LogP contribution is 2.37. The Bertz CT molecular complexity index is 692. The number of nitro groups is 1. The standard InChI is InChI=1S/C14H10BrF2NO3/c1-8-2-4-13(11(15)6-8)21-12-5-3-9(18(19)20)7-10(12)14(16)17/h2-7,14H,1H3. The van der Waals surface area contributed by atoms with E-state index in [1.807, 2.05) is 6.92 Å². The molecule has 0 heterocycles. The molecule has 0 unspecified atom stereocenters. The van der Waals surface area contributed by atoms with E-state index in [4.69, 9.17) is 4.74 Å². The molecule has 0 aromatic heterocycles. The monoisotopic (exact) mass is 357 g/mol. The lowest BCUT2D eigenvalue weighted by Crippen LogP contribution is -1.96. The normalized spacial score (nSPS) is 10.7. The summed E-state index contributed by atoms with van der Waals surface area (Å²) in [7, 11) is 0. The topological polar surface area (TPSA) is 52.4 Å². The van der Waals surface area contributed by atoms with Crippen molar-refractivity contribution in [2.45, 2.75) is 13.3 Å². The van der Waals surface area contributed by atoms with Gasteiger partial charge in [0, 0.05) is 12.1 Å². The van der Waals surface area contributed by atoms with E-state index < -0.39 is 22.6 Å². The first-order chi connectivity index (χ1) is 9.88. The number of rotatable bonds is 4. The number of alkyl halides is 2. The van der Waals surface area contributed by atoms with Crippen LogP contribution < -0.4 is 4.74 Å². The minimum atomic E-state index is -2.87. The first-order valence-electron chi connectivity index (χ1n) is 5.89. The van der Waals surface area contributed by atoms with Gasteiger partial charge in [0.25, 0.3) is 12.1 Å². The summed E-state index contributed by atoms with van der Waals surface area (Å²) in [5.41, 5.74) is 0.0595. The summed E-state index contributed by atoms with van der Waals surface area (Å²) >= 11 is 3.28. The van der Waals surface area contributed by atoms with Crippen molar-refractivity contribution < 1.29 is 18.4 Å². The molecule has 0 atom stereocenters. The molecule has 0 aliphatic rings. The van der Waals surface area contributed by atoms with Gasteiger partial charge < -0.3 is 4.74 Å². The molecule has 4 nitrogen and oxygen atoms in total. The highest BCUT2D eigenvalue weighted by Gasteiger charge is 2.20. The summed E-state index contributed by atoms with van der Waals surface area (Å²) in [6, 6.07) is 8.31. The van der Waals surface area contributed by atoms with Gasteiger partial charge in [0.2, 0.25) is 0 Å². The zero-order chi connectivity index (χ0) is 15.6. The number of hydrogen-bond donors (Lipinski definition) is 0. The van der Waals surface area contributed by atoms with Gasteiger partial charge in [0.15, 0.2) is 0 Å². The maximum Gasteiger partial charge on any atom is 0.270 e. The smallest absolute Gasteiger partial charge is 0.270 e. The summed E-state index contributed by atoms with van der Waals surface area (Å²) in [5.74, 6) is 0.247. The lowest BCUT2D eigenvalue weighted by Gasteiger charge is -2.12. The van der Waals surface area contributed by atoms with Crippen LogP contribution in [-0.2, 0) is 0 Å². The molecule has 0 saturated carbocycles. The SMILES string of the molecule is Cc1ccc(Oc2ccc([N+](=O)[O-])cc2C(F)F)c(Br)c1. The average molecular weight is 358 g/mol. The molecule has 7 heteroatoms. The molecular formula is C14H10BrF2NO3.